The number of aryl methyl sites for hydroxylation is 2. The maximum atomic E-state index is 2.25. The third kappa shape index (κ3) is 5.30. The molecule has 0 bridgehead atoms. The van der Waals surface area contributed by atoms with Gasteiger partial charge in [-0.2, -0.15) is 0 Å². The Bertz CT molecular complexity index is 382. The van der Waals surface area contributed by atoms with Crippen LogP contribution in [0.25, 0.3) is 0 Å². The molecule has 0 amide bonds. The Morgan fingerprint density at radius 3 is 1.89 bits per heavy atom. The first kappa shape index (κ1) is 13.7. The molecule has 0 aromatic heterocycles. The summed E-state index contributed by atoms with van der Waals surface area (Å²) < 4.78 is 0. The van der Waals surface area contributed by atoms with Crippen LogP contribution < -0.4 is 0 Å². The van der Waals surface area contributed by atoms with E-state index in [-0.39, 0.29) is 8.27 Å². The molecule has 18 heavy (non-hydrogen) atoms. The van der Waals surface area contributed by atoms with Gasteiger partial charge in [0, 0.05) is 0 Å². The molecule has 0 aliphatic carbocycles. The van der Waals surface area contributed by atoms with E-state index >= 15 is 0 Å². The standard InChI is InChI=1S/C16H22P2/c1-3-7-15(8-4-1)11-13-17-18-14-12-16-9-5-2-6-10-16/h1-10,17H,11-14H2,18H3. The normalized spacial score (nSPS) is 11.3. The Morgan fingerprint density at radius 1 is 0.722 bits per heavy atom. The van der Waals surface area contributed by atoms with Crippen molar-refractivity contribution in [3.05, 3.63) is 71.8 Å². The van der Waals surface area contributed by atoms with Gasteiger partial charge >= 0.3 is 113 Å². The fraction of sp³-hybridized carbons (Fsp3) is 0.250. The van der Waals surface area contributed by atoms with Crippen molar-refractivity contribution in [2.24, 2.45) is 0 Å². The van der Waals surface area contributed by atoms with Gasteiger partial charge in [-0.15, -0.1) is 0 Å². The van der Waals surface area contributed by atoms with Gasteiger partial charge in [-0.3, -0.25) is 0 Å². The van der Waals surface area contributed by atoms with Gasteiger partial charge in [0.05, 0.1) is 0 Å². The van der Waals surface area contributed by atoms with Crippen LogP contribution in [0.1, 0.15) is 11.1 Å². The minimum absolute atomic E-state index is 0.179. The first-order valence-corrected chi connectivity index (χ1v) is 11.3. The second-order valence-corrected chi connectivity index (χ2v) is 9.78. The van der Waals surface area contributed by atoms with Crippen LogP contribution in [0.2, 0.25) is 0 Å². The van der Waals surface area contributed by atoms with E-state index in [9.17, 15) is 0 Å². The molecule has 0 radical (unpaired) electrons. The van der Waals surface area contributed by atoms with Gasteiger partial charge in [0.2, 0.25) is 0 Å². The van der Waals surface area contributed by atoms with Crippen LogP contribution in [-0.2, 0) is 12.8 Å². The van der Waals surface area contributed by atoms with Gasteiger partial charge < -0.3 is 0 Å². The van der Waals surface area contributed by atoms with E-state index in [0.717, 1.165) is 0 Å². The summed E-state index contributed by atoms with van der Waals surface area (Å²) in [5.41, 5.74) is 3.01. The molecule has 0 fully saturated rings. The van der Waals surface area contributed by atoms with Crippen LogP contribution in [-0.4, -0.2) is 12.3 Å². The molecule has 0 nitrogen and oxygen atoms in total. The summed E-state index contributed by atoms with van der Waals surface area (Å²) >= 11 is 0. The zero-order valence-corrected chi connectivity index (χ0v) is 13.2. The van der Waals surface area contributed by atoms with E-state index < -0.39 is 0 Å². The second kappa shape index (κ2) is 8.41. The number of rotatable bonds is 7. The molecule has 0 aliphatic heterocycles. The molecule has 0 saturated heterocycles. The summed E-state index contributed by atoms with van der Waals surface area (Å²) in [7, 11) is 1.43. The van der Waals surface area contributed by atoms with Crippen molar-refractivity contribution in [3.63, 3.8) is 0 Å². The summed E-state index contributed by atoms with van der Waals surface area (Å²) in [4.78, 5) is 0. The number of benzene rings is 2. The van der Waals surface area contributed by atoms with E-state index in [4.69, 9.17) is 0 Å². The van der Waals surface area contributed by atoms with Crippen molar-refractivity contribution in [3.8, 4) is 0 Å². The van der Waals surface area contributed by atoms with Gasteiger partial charge in [-0.1, -0.05) is 0 Å². The topological polar surface area (TPSA) is 0 Å². The zero-order chi connectivity index (χ0) is 12.5. The summed E-state index contributed by atoms with van der Waals surface area (Å²) in [5, 5.41) is 0. The molecule has 96 valence electrons. The Morgan fingerprint density at radius 2 is 1.28 bits per heavy atom. The molecule has 1 unspecified atom stereocenters. The van der Waals surface area contributed by atoms with Crippen LogP contribution in [0.5, 0.6) is 0 Å². The first-order chi connectivity index (χ1) is 8.95. The van der Waals surface area contributed by atoms with E-state index in [2.05, 4.69) is 60.7 Å². The number of hydrogen-bond donors (Lipinski definition) is 0. The van der Waals surface area contributed by atoms with Crippen molar-refractivity contribution < 1.29 is 0 Å². The van der Waals surface area contributed by atoms with Crippen LogP contribution in [0.3, 0.4) is 0 Å². The van der Waals surface area contributed by atoms with Gasteiger partial charge in [0.1, 0.15) is 0 Å². The number of hydrogen-bond acceptors (Lipinski definition) is 0. The van der Waals surface area contributed by atoms with Crippen LogP contribution >= 0.6 is 16.5 Å². The Kier molecular flexibility index (Phi) is 6.41. The predicted octanol–water partition coefficient (Wildman–Crippen LogP) is 4.21. The minimum atomic E-state index is 0.179. The average molecular weight is 276 g/mol. The fourth-order valence-electron chi connectivity index (χ4n) is 2.06. The molecule has 0 saturated carbocycles. The molecular formula is C16H22P2. The predicted molar refractivity (Wildman–Crippen MR) is 89.4 cm³/mol. The molecule has 0 aliphatic rings. The Hall–Kier alpha value is -0.700. The van der Waals surface area contributed by atoms with Crippen molar-refractivity contribution in [1.82, 2.24) is 0 Å². The first-order valence-electron chi connectivity index (χ1n) is 6.74. The van der Waals surface area contributed by atoms with Gasteiger partial charge in [0.15, 0.2) is 0 Å². The maximum absolute atomic E-state index is 2.25. The summed E-state index contributed by atoms with van der Waals surface area (Å²) in [6.45, 7) is 0. The summed E-state index contributed by atoms with van der Waals surface area (Å²) in [5.74, 6) is 0. The van der Waals surface area contributed by atoms with Gasteiger partial charge in [-0.25, -0.2) is 0 Å². The molecule has 0 heterocycles. The molecule has 0 N–H and O–H groups in total. The molecule has 2 aromatic rings. The van der Waals surface area contributed by atoms with Crippen molar-refractivity contribution in [2.75, 3.05) is 12.3 Å². The summed E-state index contributed by atoms with van der Waals surface area (Å²) in [6, 6.07) is 21.8. The zero-order valence-electron chi connectivity index (χ0n) is 10.8. The summed E-state index contributed by atoms with van der Waals surface area (Å²) in [6.07, 6.45) is 5.45. The van der Waals surface area contributed by atoms with Crippen LogP contribution in [0, 0.1) is 0 Å². The third-order valence-corrected chi connectivity index (χ3v) is 7.94. The average Bonchev–Trinajstić information content (AvgIpc) is 2.45. The van der Waals surface area contributed by atoms with E-state index in [1.165, 1.54) is 44.6 Å². The van der Waals surface area contributed by atoms with Crippen molar-refractivity contribution in [2.45, 2.75) is 12.8 Å². The van der Waals surface area contributed by atoms with Gasteiger partial charge in [-0.05, 0) is 0 Å². The monoisotopic (exact) mass is 276 g/mol. The van der Waals surface area contributed by atoms with E-state index in [1.807, 2.05) is 0 Å². The van der Waals surface area contributed by atoms with Crippen LogP contribution in [0.15, 0.2) is 60.7 Å². The Labute approximate surface area is 114 Å². The quantitative estimate of drug-likeness (QED) is 0.525. The second-order valence-electron chi connectivity index (χ2n) is 4.57. The van der Waals surface area contributed by atoms with Crippen LogP contribution in [0.4, 0.5) is 0 Å². The van der Waals surface area contributed by atoms with E-state index in [1.54, 1.807) is 0 Å². The van der Waals surface area contributed by atoms with Crippen molar-refractivity contribution >= 4 is 16.5 Å². The molecule has 2 heteroatoms. The van der Waals surface area contributed by atoms with E-state index in [0.29, 0.717) is 0 Å². The molecule has 1 atom stereocenters. The van der Waals surface area contributed by atoms with Crippen molar-refractivity contribution in [1.29, 1.82) is 0 Å². The van der Waals surface area contributed by atoms with Gasteiger partial charge in [0.25, 0.3) is 0 Å². The molecule has 0 spiro atoms. The molecule has 2 rings (SSSR count). The molecular weight excluding hydrogens is 254 g/mol. The fourth-order valence-corrected chi connectivity index (χ4v) is 6.18. The third-order valence-electron chi connectivity index (χ3n) is 3.10. The molecule has 2 aromatic carbocycles. The SMILES string of the molecule is c1ccc(CCP[PH3]CCc2ccccc2)cc1. The Balaban J connectivity index is 1.54.